The number of likely N-dealkylation sites (tertiary alicyclic amines) is 1. The lowest BCUT2D eigenvalue weighted by Gasteiger charge is -2.30. The molecular formula is C31H34F2N6O4S. The number of ether oxygens (including phenoxy) is 1. The van der Waals surface area contributed by atoms with Gasteiger partial charge in [0.15, 0.2) is 20.7 Å². The summed E-state index contributed by atoms with van der Waals surface area (Å²) in [5.41, 5.74) is 2.55. The lowest BCUT2D eigenvalue weighted by molar-refractivity contribution is 0.0904. The quantitative estimate of drug-likeness (QED) is 0.254. The zero-order valence-electron chi connectivity index (χ0n) is 24.3. The van der Waals surface area contributed by atoms with Crippen LogP contribution in [0.2, 0.25) is 0 Å². The number of sulfone groups is 1. The molecule has 6 rings (SSSR count). The van der Waals surface area contributed by atoms with Gasteiger partial charge in [0.2, 0.25) is 0 Å². The van der Waals surface area contributed by atoms with Gasteiger partial charge >= 0.3 is 0 Å². The molecule has 0 saturated carbocycles. The monoisotopic (exact) mass is 624 g/mol. The van der Waals surface area contributed by atoms with Crippen molar-refractivity contribution in [3.05, 3.63) is 76.9 Å². The number of halogens is 2. The van der Waals surface area contributed by atoms with Crippen LogP contribution in [0.15, 0.2) is 53.6 Å². The van der Waals surface area contributed by atoms with Gasteiger partial charge in [-0.1, -0.05) is 6.07 Å². The molecule has 0 unspecified atom stereocenters. The van der Waals surface area contributed by atoms with E-state index in [0.29, 0.717) is 30.2 Å². The minimum atomic E-state index is -4.16. The third kappa shape index (κ3) is 6.59. The molecule has 2 fully saturated rings. The van der Waals surface area contributed by atoms with E-state index >= 15 is 0 Å². The number of piperidine rings is 1. The first-order valence-corrected chi connectivity index (χ1v) is 16.3. The van der Waals surface area contributed by atoms with E-state index < -0.39 is 33.1 Å². The van der Waals surface area contributed by atoms with Crippen molar-refractivity contribution in [2.75, 3.05) is 44.0 Å². The zero-order valence-corrected chi connectivity index (χ0v) is 25.1. The van der Waals surface area contributed by atoms with E-state index in [2.05, 4.69) is 43.8 Å². The molecular weight excluding hydrogens is 590 g/mol. The van der Waals surface area contributed by atoms with E-state index in [1.165, 1.54) is 17.7 Å². The number of anilines is 2. The molecule has 0 atom stereocenters. The van der Waals surface area contributed by atoms with Crippen LogP contribution < -0.4 is 10.6 Å². The Labute approximate surface area is 254 Å². The van der Waals surface area contributed by atoms with Gasteiger partial charge < -0.3 is 20.3 Å². The Kier molecular flexibility index (Phi) is 8.61. The maximum Gasteiger partial charge on any atom is 0.259 e. The number of rotatable bonds is 8. The molecule has 1 amide bonds. The Morgan fingerprint density at radius 3 is 2.59 bits per heavy atom. The number of hydrogen-bond acceptors (Lipinski definition) is 8. The minimum absolute atomic E-state index is 0.0513. The third-order valence-corrected chi connectivity index (χ3v) is 9.90. The maximum atomic E-state index is 14.2. The summed E-state index contributed by atoms with van der Waals surface area (Å²) in [4.78, 5) is 20.3. The number of aromatic nitrogens is 3. The summed E-state index contributed by atoms with van der Waals surface area (Å²) < 4.78 is 59.6. The van der Waals surface area contributed by atoms with Crippen LogP contribution in [0.25, 0.3) is 11.0 Å². The van der Waals surface area contributed by atoms with Gasteiger partial charge in [0.05, 0.1) is 16.8 Å². The second kappa shape index (κ2) is 12.6. The van der Waals surface area contributed by atoms with Crippen molar-refractivity contribution < 1.29 is 26.7 Å². The first-order chi connectivity index (χ1) is 21.2. The highest BCUT2D eigenvalue weighted by atomic mass is 32.2. The average molecular weight is 625 g/mol. The van der Waals surface area contributed by atoms with Gasteiger partial charge in [-0.15, -0.1) is 0 Å². The Balaban J connectivity index is 1.27. The number of pyridine rings is 1. The predicted molar refractivity (Wildman–Crippen MR) is 162 cm³/mol. The van der Waals surface area contributed by atoms with Crippen LogP contribution in [0.5, 0.6) is 0 Å². The van der Waals surface area contributed by atoms with E-state index in [1.807, 2.05) is 12.1 Å². The van der Waals surface area contributed by atoms with E-state index in [1.54, 1.807) is 0 Å². The standard InChI is InChI=1S/C31H34F2N6O4S/c1-39-12-8-19(9-13-39)20-2-4-24(27(17-20)34-23-10-14-43-15-11-23)31(40)36-30-29-26(37-38-30)6-7-28(35-29)44(41,42)18-21-16-22(32)3-5-25(21)33/h2-7,16-17,19,23,34H,8-15,18H2,1H3,(H2,36,37,38,40). The largest absolute Gasteiger partial charge is 0.381 e. The molecule has 13 heteroatoms. The number of nitrogens with one attached hydrogen (secondary N) is 3. The van der Waals surface area contributed by atoms with Gasteiger partial charge in [0, 0.05) is 30.5 Å². The van der Waals surface area contributed by atoms with Crippen molar-refractivity contribution in [3.8, 4) is 0 Å². The molecule has 0 aliphatic carbocycles. The number of nitrogens with zero attached hydrogens (tertiary/aromatic N) is 3. The minimum Gasteiger partial charge on any atom is -0.381 e. The number of carbonyl (C=O) groups excluding carboxylic acids is 1. The third-order valence-electron chi connectivity index (χ3n) is 8.35. The predicted octanol–water partition coefficient (Wildman–Crippen LogP) is 4.86. The highest BCUT2D eigenvalue weighted by Gasteiger charge is 2.25. The second-order valence-electron chi connectivity index (χ2n) is 11.5. The maximum absolute atomic E-state index is 14.2. The molecule has 2 aromatic heterocycles. The first-order valence-electron chi connectivity index (χ1n) is 14.7. The lowest BCUT2D eigenvalue weighted by atomic mass is 9.88. The highest BCUT2D eigenvalue weighted by Crippen LogP contribution is 2.32. The van der Waals surface area contributed by atoms with Crippen LogP contribution >= 0.6 is 0 Å². The second-order valence-corrected chi connectivity index (χ2v) is 13.4. The number of benzene rings is 2. The first kappa shape index (κ1) is 30.1. The summed E-state index contributed by atoms with van der Waals surface area (Å²) in [6.45, 7) is 3.33. The molecule has 2 aliphatic rings. The smallest absolute Gasteiger partial charge is 0.259 e. The molecule has 0 radical (unpaired) electrons. The summed E-state index contributed by atoms with van der Waals surface area (Å²) in [5.74, 6) is -2.34. The van der Waals surface area contributed by atoms with Crippen LogP contribution in [0.4, 0.5) is 20.3 Å². The summed E-state index contributed by atoms with van der Waals surface area (Å²) in [7, 11) is -2.03. The molecule has 10 nitrogen and oxygen atoms in total. The fraction of sp³-hybridized carbons (Fsp3) is 0.387. The number of amides is 1. The molecule has 2 aliphatic heterocycles. The van der Waals surface area contributed by atoms with Gasteiger partial charge in [0.1, 0.15) is 17.2 Å². The lowest BCUT2D eigenvalue weighted by Crippen LogP contribution is -2.30. The van der Waals surface area contributed by atoms with Gasteiger partial charge in [-0.2, -0.15) is 5.10 Å². The van der Waals surface area contributed by atoms with Gasteiger partial charge in [-0.25, -0.2) is 22.2 Å². The van der Waals surface area contributed by atoms with Crippen molar-refractivity contribution in [3.63, 3.8) is 0 Å². The van der Waals surface area contributed by atoms with Crippen LogP contribution in [0.1, 0.15) is 53.1 Å². The van der Waals surface area contributed by atoms with Gasteiger partial charge in [0.25, 0.3) is 5.91 Å². The van der Waals surface area contributed by atoms with Crippen molar-refractivity contribution in [1.82, 2.24) is 20.1 Å². The molecule has 4 heterocycles. The summed E-state index contributed by atoms with van der Waals surface area (Å²) in [6.07, 6.45) is 3.73. The Hall–Kier alpha value is -3.94. The van der Waals surface area contributed by atoms with Crippen molar-refractivity contribution in [1.29, 1.82) is 0 Å². The molecule has 44 heavy (non-hydrogen) atoms. The molecule has 0 bridgehead atoms. The molecule has 4 aromatic rings. The number of fused-ring (bicyclic) bond motifs is 1. The summed E-state index contributed by atoms with van der Waals surface area (Å²) >= 11 is 0. The van der Waals surface area contributed by atoms with Crippen molar-refractivity contribution in [2.45, 2.75) is 48.4 Å². The molecule has 2 aromatic carbocycles. The van der Waals surface area contributed by atoms with Crippen molar-refractivity contribution >= 4 is 38.3 Å². The van der Waals surface area contributed by atoms with Gasteiger partial charge in [-0.05, 0) is 99.8 Å². The average Bonchev–Trinajstić information content (AvgIpc) is 3.41. The van der Waals surface area contributed by atoms with E-state index in [4.69, 9.17) is 4.74 Å². The van der Waals surface area contributed by atoms with Crippen LogP contribution in [0.3, 0.4) is 0 Å². The Bertz CT molecular complexity index is 1780. The topological polar surface area (TPSA) is 129 Å². The Morgan fingerprint density at radius 2 is 1.82 bits per heavy atom. The highest BCUT2D eigenvalue weighted by molar-refractivity contribution is 7.90. The van der Waals surface area contributed by atoms with E-state index in [-0.39, 0.29) is 28.0 Å². The normalized spacial score (nSPS) is 17.2. The molecule has 0 spiro atoms. The summed E-state index contributed by atoms with van der Waals surface area (Å²) in [6, 6.07) is 11.4. The van der Waals surface area contributed by atoms with E-state index in [9.17, 15) is 22.0 Å². The van der Waals surface area contributed by atoms with Crippen LogP contribution in [0, 0.1) is 11.6 Å². The van der Waals surface area contributed by atoms with Crippen molar-refractivity contribution in [2.24, 2.45) is 0 Å². The number of aromatic amines is 1. The van der Waals surface area contributed by atoms with E-state index in [0.717, 1.165) is 62.7 Å². The fourth-order valence-electron chi connectivity index (χ4n) is 5.79. The molecule has 3 N–H and O–H groups in total. The zero-order chi connectivity index (χ0) is 30.8. The number of H-pyrrole nitrogens is 1. The van der Waals surface area contributed by atoms with Crippen LogP contribution in [-0.4, -0.2) is 73.8 Å². The molecule has 232 valence electrons. The van der Waals surface area contributed by atoms with Gasteiger partial charge in [-0.3, -0.25) is 9.89 Å². The summed E-state index contributed by atoms with van der Waals surface area (Å²) in [5, 5.41) is 12.9. The molecule has 2 saturated heterocycles. The van der Waals surface area contributed by atoms with Crippen LogP contribution in [-0.2, 0) is 20.3 Å². The number of carbonyl (C=O) groups is 1. The SMILES string of the molecule is CN1CCC(c2ccc(C(=O)Nc3n[nH]c4ccc(S(=O)(=O)Cc5cc(F)ccc5F)nc34)c(NC3CCOCC3)c2)CC1. The fourth-order valence-corrected chi connectivity index (χ4v) is 7.07. The number of hydrogen-bond donors (Lipinski definition) is 3. The Morgan fingerprint density at radius 1 is 1.05 bits per heavy atom.